The van der Waals surface area contributed by atoms with Crippen LogP contribution in [0.25, 0.3) is 0 Å². The Balaban J connectivity index is 1.53. The standard InChI is InChI=1S/C13H24N2O/c14-11-7-8-12(9-11)15-13(16)6-2-5-10-3-1-4-10/h10-12H,1-9,14H2,(H,15,16). The van der Waals surface area contributed by atoms with Gasteiger partial charge < -0.3 is 11.1 Å². The zero-order valence-corrected chi connectivity index (χ0v) is 10.1. The molecule has 2 aliphatic rings. The fourth-order valence-electron chi connectivity index (χ4n) is 2.78. The quantitative estimate of drug-likeness (QED) is 0.750. The van der Waals surface area contributed by atoms with E-state index in [0.29, 0.717) is 18.5 Å². The maximum atomic E-state index is 11.6. The average Bonchev–Trinajstić information content (AvgIpc) is 2.56. The smallest absolute Gasteiger partial charge is 0.220 e. The maximum absolute atomic E-state index is 11.6. The van der Waals surface area contributed by atoms with Gasteiger partial charge in [0.05, 0.1) is 0 Å². The Hall–Kier alpha value is -0.570. The topological polar surface area (TPSA) is 55.1 Å². The van der Waals surface area contributed by atoms with Crippen molar-refractivity contribution in [2.24, 2.45) is 11.7 Å². The van der Waals surface area contributed by atoms with Crippen molar-refractivity contribution in [1.29, 1.82) is 0 Å². The average molecular weight is 224 g/mol. The number of rotatable bonds is 5. The summed E-state index contributed by atoms with van der Waals surface area (Å²) in [7, 11) is 0. The van der Waals surface area contributed by atoms with Gasteiger partial charge in [0.1, 0.15) is 0 Å². The normalized spacial score (nSPS) is 30.1. The molecular weight excluding hydrogens is 200 g/mol. The third kappa shape index (κ3) is 3.48. The zero-order chi connectivity index (χ0) is 11.4. The summed E-state index contributed by atoms with van der Waals surface area (Å²) >= 11 is 0. The Morgan fingerprint density at radius 1 is 1.25 bits per heavy atom. The second-order valence-corrected chi connectivity index (χ2v) is 5.53. The molecule has 0 aromatic heterocycles. The van der Waals surface area contributed by atoms with E-state index in [1.165, 1.54) is 25.7 Å². The molecule has 16 heavy (non-hydrogen) atoms. The summed E-state index contributed by atoms with van der Waals surface area (Å²) in [5.74, 6) is 1.16. The van der Waals surface area contributed by atoms with Crippen molar-refractivity contribution < 1.29 is 4.79 Å². The molecule has 0 aliphatic heterocycles. The second-order valence-electron chi connectivity index (χ2n) is 5.53. The van der Waals surface area contributed by atoms with Gasteiger partial charge in [0.2, 0.25) is 5.91 Å². The number of hydrogen-bond donors (Lipinski definition) is 2. The highest BCUT2D eigenvalue weighted by Crippen LogP contribution is 2.30. The fraction of sp³-hybridized carbons (Fsp3) is 0.923. The highest BCUT2D eigenvalue weighted by molar-refractivity contribution is 5.76. The molecule has 0 aromatic rings. The summed E-state index contributed by atoms with van der Waals surface area (Å²) < 4.78 is 0. The van der Waals surface area contributed by atoms with Gasteiger partial charge in [0.15, 0.2) is 0 Å². The lowest BCUT2D eigenvalue weighted by Gasteiger charge is -2.25. The van der Waals surface area contributed by atoms with Gasteiger partial charge in [-0.2, -0.15) is 0 Å². The Morgan fingerprint density at radius 3 is 2.62 bits per heavy atom. The van der Waals surface area contributed by atoms with Gasteiger partial charge in [-0.3, -0.25) is 4.79 Å². The Morgan fingerprint density at radius 2 is 2.06 bits per heavy atom. The molecule has 3 nitrogen and oxygen atoms in total. The van der Waals surface area contributed by atoms with Crippen LogP contribution in [0.1, 0.15) is 57.8 Å². The van der Waals surface area contributed by atoms with E-state index in [2.05, 4.69) is 5.32 Å². The first kappa shape index (κ1) is 11.9. The number of hydrogen-bond acceptors (Lipinski definition) is 2. The van der Waals surface area contributed by atoms with Crippen LogP contribution in [-0.2, 0) is 4.79 Å². The van der Waals surface area contributed by atoms with Crippen LogP contribution in [0.3, 0.4) is 0 Å². The van der Waals surface area contributed by atoms with Gasteiger partial charge in [-0.15, -0.1) is 0 Å². The number of carbonyl (C=O) groups is 1. The number of nitrogens with two attached hydrogens (primary N) is 1. The first-order valence-electron chi connectivity index (χ1n) is 6.79. The molecule has 2 atom stereocenters. The van der Waals surface area contributed by atoms with Crippen LogP contribution >= 0.6 is 0 Å². The van der Waals surface area contributed by atoms with E-state index < -0.39 is 0 Å². The van der Waals surface area contributed by atoms with E-state index in [-0.39, 0.29) is 5.91 Å². The summed E-state index contributed by atoms with van der Waals surface area (Å²) in [6, 6.07) is 0.659. The van der Waals surface area contributed by atoms with E-state index >= 15 is 0 Å². The highest BCUT2D eigenvalue weighted by atomic mass is 16.1. The molecule has 1 amide bonds. The Labute approximate surface area is 98.2 Å². The minimum atomic E-state index is 0.235. The summed E-state index contributed by atoms with van der Waals surface area (Å²) in [4.78, 5) is 11.6. The number of amides is 1. The first-order chi connectivity index (χ1) is 7.74. The molecule has 0 aromatic carbocycles. The molecule has 2 fully saturated rings. The first-order valence-corrected chi connectivity index (χ1v) is 6.79. The third-order valence-corrected chi connectivity index (χ3v) is 4.08. The lowest BCUT2D eigenvalue weighted by Crippen LogP contribution is -2.33. The molecule has 3 N–H and O–H groups in total. The van der Waals surface area contributed by atoms with Gasteiger partial charge in [0, 0.05) is 18.5 Å². The van der Waals surface area contributed by atoms with E-state index in [1.54, 1.807) is 0 Å². The predicted molar refractivity (Wildman–Crippen MR) is 64.9 cm³/mol. The van der Waals surface area contributed by atoms with Crippen LogP contribution in [0.5, 0.6) is 0 Å². The molecule has 2 rings (SSSR count). The van der Waals surface area contributed by atoms with Crippen molar-refractivity contribution in [2.45, 2.75) is 69.9 Å². The molecule has 3 heteroatoms. The molecule has 0 spiro atoms. The molecule has 2 saturated carbocycles. The Kier molecular flexibility index (Phi) is 4.22. The van der Waals surface area contributed by atoms with Crippen molar-refractivity contribution >= 4 is 5.91 Å². The Bertz CT molecular complexity index is 238. The second kappa shape index (κ2) is 5.67. The van der Waals surface area contributed by atoms with Crippen LogP contribution < -0.4 is 11.1 Å². The van der Waals surface area contributed by atoms with E-state index in [0.717, 1.165) is 31.6 Å². The fourth-order valence-corrected chi connectivity index (χ4v) is 2.78. The summed E-state index contributed by atoms with van der Waals surface area (Å²) in [5, 5.41) is 3.10. The van der Waals surface area contributed by atoms with Gasteiger partial charge in [-0.05, 0) is 38.0 Å². The molecule has 0 heterocycles. The molecular formula is C13H24N2O. The van der Waals surface area contributed by atoms with Gasteiger partial charge in [-0.1, -0.05) is 19.3 Å². The summed E-state index contributed by atoms with van der Waals surface area (Å²) in [5.41, 5.74) is 5.82. The van der Waals surface area contributed by atoms with Crippen molar-refractivity contribution in [3.05, 3.63) is 0 Å². The van der Waals surface area contributed by atoms with E-state index in [1.807, 2.05) is 0 Å². The van der Waals surface area contributed by atoms with Crippen LogP contribution in [-0.4, -0.2) is 18.0 Å². The lowest BCUT2D eigenvalue weighted by molar-refractivity contribution is -0.121. The van der Waals surface area contributed by atoms with Crippen LogP contribution in [0.4, 0.5) is 0 Å². The highest BCUT2D eigenvalue weighted by Gasteiger charge is 2.23. The van der Waals surface area contributed by atoms with Crippen molar-refractivity contribution in [3.8, 4) is 0 Å². The minimum Gasteiger partial charge on any atom is -0.353 e. The van der Waals surface area contributed by atoms with Gasteiger partial charge >= 0.3 is 0 Å². The van der Waals surface area contributed by atoms with Crippen LogP contribution in [0.15, 0.2) is 0 Å². The molecule has 0 saturated heterocycles. The largest absolute Gasteiger partial charge is 0.353 e. The summed E-state index contributed by atoms with van der Waals surface area (Å²) in [6.07, 6.45) is 10.3. The maximum Gasteiger partial charge on any atom is 0.220 e. The van der Waals surface area contributed by atoms with Gasteiger partial charge in [0.25, 0.3) is 0 Å². The lowest BCUT2D eigenvalue weighted by atomic mass is 9.82. The number of carbonyl (C=O) groups excluding carboxylic acids is 1. The summed E-state index contributed by atoms with van der Waals surface area (Å²) in [6.45, 7) is 0. The monoisotopic (exact) mass is 224 g/mol. The molecule has 2 unspecified atom stereocenters. The van der Waals surface area contributed by atoms with Crippen LogP contribution in [0, 0.1) is 5.92 Å². The van der Waals surface area contributed by atoms with Crippen molar-refractivity contribution in [1.82, 2.24) is 5.32 Å². The van der Waals surface area contributed by atoms with Crippen LogP contribution in [0.2, 0.25) is 0 Å². The van der Waals surface area contributed by atoms with Crippen molar-refractivity contribution in [3.63, 3.8) is 0 Å². The van der Waals surface area contributed by atoms with Gasteiger partial charge in [-0.25, -0.2) is 0 Å². The predicted octanol–water partition coefficient (Wildman–Crippen LogP) is 1.95. The molecule has 2 aliphatic carbocycles. The van der Waals surface area contributed by atoms with E-state index in [9.17, 15) is 4.79 Å². The third-order valence-electron chi connectivity index (χ3n) is 4.08. The SMILES string of the molecule is NC1CCC(NC(=O)CCCC2CCC2)C1. The number of nitrogens with one attached hydrogen (secondary N) is 1. The zero-order valence-electron chi connectivity index (χ0n) is 10.1. The molecule has 0 bridgehead atoms. The molecule has 0 radical (unpaired) electrons. The van der Waals surface area contributed by atoms with E-state index in [4.69, 9.17) is 5.73 Å². The minimum absolute atomic E-state index is 0.235. The molecule has 92 valence electrons. The van der Waals surface area contributed by atoms with Crippen molar-refractivity contribution in [2.75, 3.05) is 0 Å².